The molecule has 0 aromatic heterocycles. The van der Waals surface area contributed by atoms with E-state index in [1.165, 1.54) is 12.8 Å². The average molecular weight is 348 g/mol. The Hall–Kier alpha value is -2.24. The molecule has 6 nitrogen and oxygen atoms in total. The van der Waals surface area contributed by atoms with Gasteiger partial charge in [-0.1, -0.05) is 12.8 Å². The molecule has 1 aliphatic carbocycles. The molecule has 0 radical (unpaired) electrons. The van der Waals surface area contributed by atoms with E-state index in [1.807, 2.05) is 0 Å². The smallest absolute Gasteiger partial charge is 0.412 e. The van der Waals surface area contributed by atoms with E-state index in [9.17, 15) is 9.59 Å². The molecule has 1 aliphatic rings. The maximum absolute atomic E-state index is 12.3. The summed E-state index contributed by atoms with van der Waals surface area (Å²) in [6.45, 7) is 5.39. The molecular formula is C19H28N2O4. The monoisotopic (exact) mass is 348 g/mol. The molecule has 0 aliphatic heterocycles. The van der Waals surface area contributed by atoms with E-state index >= 15 is 0 Å². The standard InChI is InChI=1S/C19H28N2O4/c1-19(2,3)25-18(23)21-15-10-9-14(24-4)12-16(15)20-17(22)11-13-7-5-6-8-13/h9-10,12-13H,5-8,11H2,1-4H3,(H,20,22)(H,21,23). The van der Waals surface area contributed by atoms with Crippen LogP contribution in [0.15, 0.2) is 18.2 Å². The molecule has 0 bridgehead atoms. The molecule has 0 heterocycles. The molecule has 0 unspecified atom stereocenters. The van der Waals surface area contributed by atoms with Crippen LogP contribution in [-0.2, 0) is 9.53 Å². The third kappa shape index (κ3) is 6.29. The van der Waals surface area contributed by atoms with E-state index in [0.717, 1.165) is 12.8 Å². The topological polar surface area (TPSA) is 76.7 Å². The zero-order valence-corrected chi connectivity index (χ0v) is 15.5. The van der Waals surface area contributed by atoms with Crippen molar-refractivity contribution in [3.8, 4) is 5.75 Å². The first kappa shape index (κ1) is 19.1. The van der Waals surface area contributed by atoms with E-state index < -0.39 is 11.7 Å². The molecule has 0 atom stereocenters. The molecule has 1 fully saturated rings. The summed E-state index contributed by atoms with van der Waals surface area (Å²) in [6, 6.07) is 5.10. The van der Waals surface area contributed by atoms with Crippen molar-refractivity contribution in [2.45, 2.75) is 58.5 Å². The van der Waals surface area contributed by atoms with Crippen LogP contribution in [0.3, 0.4) is 0 Å². The lowest BCUT2D eigenvalue weighted by Crippen LogP contribution is -2.27. The first-order chi connectivity index (χ1) is 11.8. The fourth-order valence-electron chi connectivity index (χ4n) is 2.95. The minimum Gasteiger partial charge on any atom is -0.497 e. The van der Waals surface area contributed by atoms with Crippen molar-refractivity contribution in [2.24, 2.45) is 5.92 Å². The van der Waals surface area contributed by atoms with Gasteiger partial charge < -0.3 is 14.8 Å². The van der Waals surface area contributed by atoms with Crippen LogP contribution in [0.4, 0.5) is 16.2 Å². The van der Waals surface area contributed by atoms with Crippen molar-refractivity contribution in [1.29, 1.82) is 0 Å². The molecule has 1 saturated carbocycles. The van der Waals surface area contributed by atoms with Crippen LogP contribution in [-0.4, -0.2) is 24.7 Å². The summed E-state index contributed by atoms with van der Waals surface area (Å²) in [5.74, 6) is 1.01. The second kappa shape index (κ2) is 8.23. The number of ether oxygens (including phenoxy) is 2. The van der Waals surface area contributed by atoms with E-state index in [1.54, 1.807) is 46.1 Å². The molecule has 25 heavy (non-hydrogen) atoms. The van der Waals surface area contributed by atoms with Crippen molar-refractivity contribution in [1.82, 2.24) is 0 Å². The average Bonchev–Trinajstić information content (AvgIpc) is 2.99. The highest BCUT2D eigenvalue weighted by molar-refractivity contribution is 5.98. The number of hydrogen-bond donors (Lipinski definition) is 2. The number of amides is 2. The molecule has 6 heteroatoms. The molecule has 1 aromatic carbocycles. The molecule has 2 N–H and O–H groups in total. The lowest BCUT2D eigenvalue weighted by molar-refractivity contribution is -0.117. The van der Waals surface area contributed by atoms with Gasteiger partial charge in [0.2, 0.25) is 5.91 Å². The van der Waals surface area contributed by atoms with Crippen LogP contribution >= 0.6 is 0 Å². The Morgan fingerprint density at radius 1 is 1.12 bits per heavy atom. The number of carbonyl (C=O) groups is 2. The van der Waals surface area contributed by atoms with Crippen molar-refractivity contribution in [3.63, 3.8) is 0 Å². The number of benzene rings is 1. The summed E-state index contributed by atoms with van der Waals surface area (Å²) >= 11 is 0. The number of rotatable bonds is 5. The first-order valence-electron chi connectivity index (χ1n) is 8.75. The highest BCUT2D eigenvalue weighted by atomic mass is 16.6. The number of anilines is 2. The van der Waals surface area contributed by atoms with Gasteiger partial charge in [0, 0.05) is 12.5 Å². The first-order valence-corrected chi connectivity index (χ1v) is 8.75. The Labute approximate surface area is 149 Å². The van der Waals surface area contributed by atoms with Crippen LogP contribution in [0, 0.1) is 5.92 Å². The molecular weight excluding hydrogens is 320 g/mol. The fraction of sp³-hybridized carbons (Fsp3) is 0.579. The van der Waals surface area contributed by atoms with Gasteiger partial charge in [-0.2, -0.15) is 0 Å². The van der Waals surface area contributed by atoms with Gasteiger partial charge >= 0.3 is 6.09 Å². The summed E-state index contributed by atoms with van der Waals surface area (Å²) in [5.41, 5.74) is 0.394. The van der Waals surface area contributed by atoms with Gasteiger partial charge in [0.15, 0.2) is 0 Å². The van der Waals surface area contributed by atoms with E-state index in [2.05, 4.69) is 10.6 Å². The van der Waals surface area contributed by atoms with Crippen molar-refractivity contribution >= 4 is 23.4 Å². The molecule has 0 saturated heterocycles. The highest BCUT2D eigenvalue weighted by Gasteiger charge is 2.21. The van der Waals surface area contributed by atoms with Crippen molar-refractivity contribution in [3.05, 3.63) is 18.2 Å². The maximum atomic E-state index is 12.3. The van der Waals surface area contributed by atoms with Gasteiger partial charge in [0.1, 0.15) is 11.4 Å². The second-order valence-electron chi connectivity index (χ2n) is 7.44. The molecule has 2 amide bonds. The molecule has 2 rings (SSSR count). The van der Waals surface area contributed by atoms with Gasteiger partial charge in [-0.15, -0.1) is 0 Å². The van der Waals surface area contributed by atoms with Gasteiger partial charge in [-0.25, -0.2) is 4.79 Å². The zero-order chi connectivity index (χ0) is 18.4. The zero-order valence-electron chi connectivity index (χ0n) is 15.5. The van der Waals surface area contributed by atoms with Crippen LogP contribution in [0.25, 0.3) is 0 Å². The van der Waals surface area contributed by atoms with Crippen LogP contribution in [0.1, 0.15) is 52.9 Å². The minimum absolute atomic E-state index is 0.0487. The molecule has 0 spiro atoms. The Bertz CT molecular complexity index is 616. The Kier molecular flexibility index (Phi) is 6.28. The Morgan fingerprint density at radius 2 is 1.80 bits per heavy atom. The Morgan fingerprint density at radius 3 is 2.40 bits per heavy atom. The van der Waals surface area contributed by atoms with Crippen LogP contribution in [0.2, 0.25) is 0 Å². The highest BCUT2D eigenvalue weighted by Crippen LogP contribution is 2.30. The second-order valence-corrected chi connectivity index (χ2v) is 7.44. The predicted octanol–water partition coefficient (Wildman–Crippen LogP) is 4.56. The largest absolute Gasteiger partial charge is 0.497 e. The fourth-order valence-corrected chi connectivity index (χ4v) is 2.95. The van der Waals surface area contributed by atoms with Crippen LogP contribution in [0.5, 0.6) is 5.75 Å². The summed E-state index contributed by atoms with van der Waals surface area (Å²) in [5, 5.41) is 5.58. The Balaban J connectivity index is 2.08. The van der Waals surface area contributed by atoms with Gasteiger partial charge in [-0.3, -0.25) is 10.1 Å². The van der Waals surface area contributed by atoms with Crippen molar-refractivity contribution < 1.29 is 19.1 Å². The summed E-state index contributed by atoms with van der Waals surface area (Å²) in [7, 11) is 1.56. The van der Waals surface area contributed by atoms with E-state index in [4.69, 9.17) is 9.47 Å². The quantitative estimate of drug-likeness (QED) is 0.818. The molecule has 1 aromatic rings. The summed E-state index contributed by atoms with van der Waals surface area (Å²) in [4.78, 5) is 24.4. The van der Waals surface area contributed by atoms with Gasteiger partial charge in [0.25, 0.3) is 0 Å². The number of nitrogens with one attached hydrogen (secondary N) is 2. The summed E-state index contributed by atoms with van der Waals surface area (Å²) in [6.07, 6.45) is 4.54. The van der Waals surface area contributed by atoms with Crippen molar-refractivity contribution in [2.75, 3.05) is 17.7 Å². The van der Waals surface area contributed by atoms with E-state index in [0.29, 0.717) is 29.5 Å². The van der Waals surface area contributed by atoms with Gasteiger partial charge in [-0.05, 0) is 51.7 Å². The number of hydrogen-bond acceptors (Lipinski definition) is 4. The predicted molar refractivity (Wildman–Crippen MR) is 98.1 cm³/mol. The maximum Gasteiger partial charge on any atom is 0.412 e. The third-order valence-corrected chi connectivity index (χ3v) is 4.09. The number of methoxy groups -OCH3 is 1. The lowest BCUT2D eigenvalue weighted by Gasteiger charge is -2.21. The van der Waals surface area contributed by atoms with Crippen LogP contribution < -0.4 is 15.4 Å². The normalized spacial score (nSPS) is 14.9. The molecule has 138 valence electrons. The summed E-state index contributed by atoms with van der Waals surface area (Å²) < 4.78 is 10.5. The van der Waals surface area contributed by atoms with E-state index in [-0.39, 0.29) is 5.91 Å². The van der Waals surface area contributed by atoms with Gasteiger partial charge in [0.05, 0.1) is 18.5 Å². The number of carbonyl (C=O) groups excluding carboxylic acids is 2. The lowest BCUT2D eigenvalue weighted by atomic mass is 10.0. The SMILES string of the molecule is COc1ccc(NC(=O)OC(C)(C)C)c(NC(=O)CC2CCCC2)c1. The third-order valence-electron chi connectivity index (χ3n) is 4.09. The minimum atomic E-state index is -0.595.